The minimum Gasteiger partial charge on any atom is -0.497 e. The lowest BCUT2D eigenvalue weighted by molar-refractivity contribution is -0.137. The Bertz CT molecular complexity index is 1170. The van der Waals surface area contributed by atoms with E-state index in [2.05, 4.69) is 0 Å². The van der Waals surface area contributed by atoms with E-state index in [1.165, 1.54) is 0 Å². The molecule has 0 aromatic heterocycles. The second kappa shape index (κ2) is 9.87. The lowest BCUT2D eigenvalue weighted by Gasteiger charge is -2.34. The molecule has 7 nitrogen and oxygen atoms in total. The molecule has 4 rings (SSSR count). The second-order valence-corrected chi connectivity index (χ2v) is 10.5. The quantitative estimate of drug-likeness (QED) is 0.612. The van der Waals surface area contributed by atoms with Gasteiger partial charge in [-0.15, -0.1) is 0 Å². The summed E-state index contributed by atoms with van der Waals surface area (Å²) in [5.74, 6) is -0.825. The molecule has 0 bridgehead atoms. The van der Waals surface area contributed by atoms with Crippen molar-refractivity contribution in [1.82, 2.24) is 9.21 Å². The average Bonchev–Trinajstić information content (AvgIpc) is 3.34. The van der Waals surface area contributed by atoms with Gasteiger partial charge >= 0.3 is 0 Å². The Morgan fingerprint density at radius 1 is 0.971 bits per heavy atom. The zero-order valence-electron chi connectivity index (χ0n) is 19.2. The molecule has 0 aliphatic carbocycles. The van der Waals surface area contributed by atoms with Gasteiger partial charge in [-0.2, -0.15) is 4.31 Å². The summed E-state index contributed by atoms with van der Waals surface area (Å²) >= 11 is 0. The molecule has 0 radical (unpaired) electrons. The molecule has 1 unspecified atom stereocenters. The summed E-state index contributed by atoms with van der Waals surface area (Å²) in [6.07, 6.45) is 2.27. The van der Waals surface area contributed by atoms with Crippen LogP contribution in [0.5, 0.6) is 11.5 Å². The van der Waals surface area contributed by atoms with Gasteiger partial charge in [0.25, 0.3) is 0 Å². The number of piperidine rings is 1. The van der Waals surface area contributed by atoms with Crippen molar-refractivity contribution in [3.05, 3.63) is 53.6 Å². The first-order valence-corrected chi connectivity index (χ1v) is 12.7. The van der Waals surface area contributed by atoms with E-state index in [1.807, 2.05) is 17.0 Å². The van der Waals surface area contributed by atoms with E-state index in [0.717, 1.165) is 34.8 Å². The third-order valence-electron chi connectivity index (χ3n) is 6.65. The Morgan fingerprint density at radius 2 is 1.71 bits per heavy atom. The number of halogens is 2. The summed E-state index contributed by atoms with van der Waals surface area (Å²) in [4.78, 5) is 14.6. The van der Waals surface area contributed by atoms with Crippen LogP contribution in [0.4, 0.5) is 8.78 Å². The SMILES string of the molecule is COc1ccc(OC)c(C2CCCN2C(=O)C2CCN(S(=O)(=O)c3cc(F)ccc3F)CC2)c1. The number of methoxy groups -OCH3 is 2. The van der Waals surface area contributed by atoms with E-state index in [9.17, 15) is 22.0 Å². The number of sulfonamides is 1. The number of rotatable bonds is 6. The molecule has 2 heterocycles. The Balaban J connectivity index is 1.48. The van der Waals surface area contributed by atoms with Gasteiger partial charge < -0.3 is 14.4 Å². The van der Waals surface area contributed by atoms with Crippen LogP contribution in [-0.4, -0.2) is 57.4 Å². The molecule has 34 heavy (non-hydrogen) atoms. The number of benzene rings is 2. The number of amides is 1. The average molecular weight is 495 g/mol. The first-order valence-electron chi connectivity index (χ1n) is 11.2. The van der Waals surface area contributed by atoms with Crippen LogP contribution in [0, 0.1) is 17.6 Å². The Hall–Kier alpha value is -2.72. The fourth-order valence-corrected chi connectivity index (χ4v) is 6.39. The van der Waals surface area contributed by atoms with E-state index in [4.69, 9.17) is 9.47 Å². The lowest BCUT2D eigenvalue weighted by Crippen LogP contribution is -2.44. The number of nitrogens with zero attached hydrogens (tertiary/aromatic N) is 2. The van der Waals surface area contributed by atoms with Gasteiger partial charge in [-0.1, -0.05) is 0 Å². The molecule has 0 spiro atoms. The fourth-order valence-electron chi connectivity index (χ4n) is 4.85. The van der Waals surface area contributed by atoms with Crippen LogP contribution < -0.4 is 9.47 Å². The van der Waals surface area contributed by atoms with E-state index in [0.29, 0.717) is 37.0 Å². The number of hydrogen-bond donors (Lipinski definition) is 0. The van der Waals surface area contributed by atoms with Gasteiger partial charge in [0.05, 0.1) is 20.3 Å². The Labute approximate surface area is 198 Å². The molecular formula is C24H28F2N2O5S. The highest BCUT2D eigenvalue weighted by Crippen LogP contribution is 2.40. The highest BCUT2D eigenvalue weighted by molar-refractivity contribution is 7.89. The van der Waals surface area contributed by atoms with Crippen molar-refractivity contribution >= 4 is 15.9 Å². The molecule has 2 aromatic rings. The number of carbonyl (C=O) groups is 1. The predicted octanol–water partition coefficient (Wildman–Crippen LogP) is 3.75. The van der Waals surface area contributed by atoms with Crippen LogP contribution in [0.1, 0.15) is 37.3 Å². The molecule has 0 N–H and O–H groups in total. The molecule has 2 aliphatic heterocycles. The van der Waals surface area contributed by atoms with Gasteiger partial charge in [0.2, 0.25) is 15.9 Å². The van der Waals surface area contributed by atoms with Crippen LogP contribution in [0.3, 0.4) is 0 Å². The molecular weight excluding hydrogens is 466 g/mol. The van der Waals surface area contributed by atoms with E-state index < -0.39 is 26.6 Å². The highest BCUT2D eigenvalue weighted by Gasteiger charge is 2.39. The van der Waals surface area contributed by atoms with Crippen LogP contribution in [0.2, 0.25) is 0 Å². The maximum absolute atomic E-state index is 14.1. The first-order chi connectivity index (χ1) is 16.3. The van der Waals surface area contributed by atoms with E-state index >= 15 is 0 Å². The summed E-state index contributed by atoms with van der Waals surface area (Å²) in [6, 6.07) is 7.74. The van der Waals surface area contributed by atoms with Gasteiger partial charge in [0.15, 0.2) is 0 Å². The van der Waals surface area contributed by atoms with Gasteiger partial charge in [-0.25, -0.2) is 17.2 Å². The van der Waals surface area contributed by atoms with Crippen LogP contribution in [0.25, 0.3) is 0 Å². The van der Waals surface area contributed by atoms with Crippen LogP contribution in [-0.2, 0) is 14.8 Å². The van der Waals surface area contributed by atoms with Gasteiger partial charge in [0.1, 0.15) is 28.0 Å². The molecule has 2 saturated heterocycles. The molecule has 2 aliphatic rings. The maximum Gasteiger partial charge on any atom is 0.246 e. The maximum atomic E-state index is 14.1. The normalized spacial score (nSPS) is 19.9. The predicted molar refractivity (Wildman–Crippen MR) is 121 cm³/mol. The Morgan fingerprint density at radius 3 is 2.38 bits per heavy atom. The Kier molecular flexibility index (Phi) is 7.09. The topological polar surface area (TPSA) is 76.2 Å². The third kappa shape index (κ3) is 4.61. The standard InChI is InChI=1S/C24H28F2N2O5S/c1-32-18-6-8-22(33-2)19(15-18)21-4-3-11-28(21)24(29)16-9-12-27(13-10-16)34(30,31)23-14-17(25)5-7-20(23)26/h5-8,14-16,21H,3-4,9-13H2,1-2H3. The molecule has 10 heteroatoms. The monoisotopic (exact) mass is 494 g/mol. The van der Waals surface area contributed by atoms with Gasteiger partial charge in [-0.3, -0.25) is 4.79 Å². The van der Waals surface area contributed by atoms with Crippen LogP contribution >= 0.6 is 0 Å². The molecule has 0 saturated carbocycles. The number of hydrogen-bond acceptors (Lipinski definition) is 5. The number of ether oxygens (including phenoxy) is 2. The molecule has 1 atom stereocenters. The van der Waals surface area contributed by atoms with Crippen molar-refractivity contribution in [3.63, 3.8) is 0 Å². The summed E-state index contributed by atoms with van der Waals surface area (Å²) in [7, 11) is -1.02. The van der Waals surface area contributed by atoms with Crippen LogP contribution in [0.15, 0.2) is 41.3 Å². The zero-order chi connectivity index (χ0) is 24.5. The number of carbonyl (C=O) groups excluding carboxylic acids is 1. The molecule has 2 aromatic carbocycles. The van der Waals surface area contributed by atoms with Crippen molar-refractivity contribution in [1.29, 1.82) is 0 Å². The first kappa shape index (κ1) is 24.4. The fraction of sp³-hybridized carbons (Fsp3) is 0.458. The second-order valence-electron chi connectivity index (χ2n) is 8.55. The van der Waals surface area contributed by atoms with E-state index in [-0.39, 0.29) is 31.0 Å². The summed E-state index contributed by atoms with van der Waals surface area (Å²) in [5.41, 5.74) is 0.884. The molecule has 184 valence electrons. The van der Waals surface area contributed by atoms with Crippen molar-refractivity contribution < 1.29 is 31.5 Å². The van der Waals surface area contributed by atoms with E-state index in [1.54, 1.807) is 20.3 Å². The van der Waals surface area contributed by atoms with Crippen molar-refractivity contribution in [2.24, 2.45) is 5.92 Å². The minimum absolute atomic E-state index is 0.0265. The van der Waals surface area contributed by atoms with Gasteiger partial charge in [0, 0.05) is 31.1 Å². The molecule has 2 fully saturated rings. The largest absolute Gasteiger partial charge is 0.497 e. The highest BCUT2D eigenvalue weighted by atomic mass is 32.2. The summed E-state index contributed by atoms with van der Waals surface area (Å²) in [6.45, 7) is 0.738. The minimum atomic E-state index is -4.19. The summed E-state index contributed by atoms with van der Waals surface area (Å²) in [5, 5.41) is 0. The molecule has 1 amide bonds. The van der Waals surface area contributed by atoms with Crippen molar-refractivity contribution in [2.75, 3.05) is 33.9 Å². The zero-order valence-corrected chi connectivity index (χ0v) is 20.0. The third-order valence-corrected chi connectivity index (χ3v) is 8.56. The number of likely N-dealkylation sites (tertiary alicyclic amines) is 1. The lowest BCUT2D eigenvalue weighted by atomic mass is 9.95. The van der Waals surface area contributed by atoms with Crippen molar-refractivity contribution in [2.45, 2.75) is 36.6 Å². The smallest absolute Gasteiger partial charge is 0.246 e. The summed E-state index contributed by atoms with van der Waals surface area (Å²) < 4.78 is 65.4. The van der Waals surface area contributed by atoms with Crippen molar-refractivity contribution in [3.8, 4) is 11.5 Å². The van der Waals surface area contributed by atoms with Gasteiger partial charge in [-0.05, 0) is 62.1 Å².